The van der Waals surface area contributed by atoms with Crippen LogP contribution in [0.25, 0.3) is 0 Å². The van der Waals surface area contributed by atoms with Crippen molar-refractivity contribution in [1.29, 1.82) is 0 Å². The third kappa shape index (κ3) is 5.03. The number of hydrogen-bond donors (Lipinski definition) is 1. The normalized spacial score (nSPS) is 12.1. The first-order valence-corrected chi connectivity index (χ1v) is 8.11. The largest absolute Gasteiger partial charge is 0.489 e. The molecular formula is C18H23NOS. The first kappa shape index (κ1) is 15.8. The number of nitrogens with one attached hydrogen (secondary N) is 1. The van der Waals surface area contributed by atoms with E-state index < -0.39 is 0 Å². The van der Waals surface area contributed by atoms with Crippen molar-refractivity contribution >= 4 is 11.3 Å². The van der Waals surface area contributed by atoms with Crippen molar-refractivity contribution in [2.24, 2.45) is 0 Å². The van der Waals surface area contributed by atoms with Gasteiger partial charge in [-0.1, -0.05) is 30.9 Å². The second kappa shape index (κ2) is 8.01. The molecule has 0 bridgehead atoms. The number of ether oxygens (including phenoxy) is 1. The molecule has 0 fully saturated rings. The summed E-state index contributed by atoms with van der Waals surface area (Å²) >= 11 is 1.88. The van der Waals surface area contributed by atoms with E-state index in [1.807, 2.05) is 29.5 Å². The summed E-state index contributed by atoms with van der Waals surface area (Å²) in [4.78, 5) is 2.81. The molecule has 1 atom stereocenters. The molecule has 3 heteroatoms. The lowest BCUT2D eigenvalue weighted by Crippen LogP contribution is -2.27. The molecule has 2 aromatic rings. The Morgan fingerprint density at radius 3 is 2.81 bits per heavy atom. The van der Waals surface area contributed by atoms with Gasteiger partial charge in [-0.25, -0.2) is 0 Å². The van der Waals surface area contributed by atoms with Gasteiger partial charge in [0.2, 0.25) is 0 Å². The minimum atomic E-state index is 0.440. The van der Waals surface area contributed by atoms with E-state index in [2.05, 4.69) is 43.9 Å². The summed E-state index contributed by atoms with van der Waals surface area (Å²) in [5, 5.41) is 3.57. The van der Waals surface area contributed by atoms with E-state index >= 15 is 0 Å². The second-order valence-corrected chi connectivity index (χ2v) is 6.58. The zero-order chi connectivity index (χ0) is 15.1. The Labute approximate surface area is 131 Å². The molecule has 0 aliphatic heterocycles. The van der Waals surface area contributed by atoms with Crippen LogP contribution in [-0.4, -0.2) is 12.6 Å². The molecule has 0 radical (unpaired) electrons. The predicted octanol–water partition coefficient (Wildman–Crippen LogP) is 4.34. The maximum absolute atomic E-state index is 5.68. The molecule has 0 saturated heterocycles. The molecule has 0 amide bonds. The topological polar surface area (TPSA) is 21.3 Å². The molecule has 1 aromatic carbocycles. The van der Waals surface area contributed by atoms with Crippen molar-refractivity contribution in [2.45, 2.75) is 32.9 Å². The predicted molar refractivity (Wildman–Crippen MR) is 91.2 cm³/mol. The maximum atomic E-state index is 5.68. The number of aryl methyl sites for hydroxylation is 1. The molecule has 2 nitrogen and oxygen atoms in total. The minimum absolute atomic E-state index is 0.440. The first-order valence-electron chi connectivity index (χ1n) is 7.29. The molecule has 21 heavy (non-hydrogen) atoms. The van der Waals surface area contributed by atoms with Gasteiger partial charge in [0.25, 0.3) is 0 Å². The highest BCUT2D eigenvalue weighted by atomic mass is 32.1. The Morgan fingerprint density at radius 2 is 2.10 bits per heavy atom. The van der Waals surface area contributed by atoms with Gasteiger partial charge >= 0.3 is 0 Å². The summed E-state index contributed by atoms with van der Waals surface area (Å²) in [6, 6.07) is 13.0. The van der Waals surface area contributed by atoms with Gasteiger partial charge in [0, 0.05) is 27.9 Å². The lowest BCUT2D eigenvalue weighted by molar-refractivity contribution is 0.357. The van der Waals surface area contributed by atoms with Crippen LogP contribution in [0.3, 0.4) is 0 Å². The monoisotopic (exact) mass is 301 g/mol. The highest BCUT2D eigenvalue weighted by molar-refractivity contribution is 7.11. The molecule has 0 spiro atoms. The van der Waals surface area contributed by atoms with E-state index in [1.54, 1.807) is 6.08 Å². The summed E-state index contributed by atoms with van der Waals surface area (Å²) in [5.74, 6) is 0.934. The van der Waals surface area contributed by atoms with E-state index in [1.165, 1.54) is 15.3 Å². The summed E-state index contributed by atoms with van der Waals surface area (Å²) in [7, 11) is 0. The van der Waals surface area contributed by atoms with Crippen molar-refractivity contribution in [3.05, 3.63) is 64.4 Å². The molecule has 1 unspecified atom stereocenters. The number of rotatable bonds is 8. The van der Waals surface area contributed by atoms with Crippen LogP contribution >= 0.6 is 11.3 Å². The van der Waals surface area contributed by atoms with Crippen LogP contribution in [0.1, 0.15) is 22.2 Å². The lowest BCUT2D eigenvalue weighted by Gasteiger charge is -2.15. The summed E-state index contributed by atoms with van der Waals surface area (Å²) in [6.45, 7) is 9.43. The minimum Gasteiger partial charge on any atom is -0.489 e. The van der Waals surface area contributed by atoms with E-state index in [-0.39, 0.29) is 0 Å². The Hall–Kier alpha value is -1.58. The van der Waals surface area contributed by atoms with Crippen LogP contribution in [0.5, 0.6) is 5.75 Å². The van der Waals surface area contributed by atoms with Crippen LogP contribution in [0, 0.1) is 6.92 Å². The zero-order valence-electron chi connectivity index (χ0n) is 12.8. The summed E-state index contributed by atoms with van der Waals surface area (Å²) in [5.41, 5.74) is 1.19. The SMILES string of the molecule is C=CCOc1ccccc1CNC(C)Cc1ccc(C)s1. The van der Waals surface area contributed by atoms with Crippen molar-refractivity contribution in [1.82, 2.24) is 5.32 Å². The fourth-order valence-corrected chi connectivity index (χ4v) is 3.21. The summed E-state index contributed by atoms with van der Waals surface area (Å²) in [6.07, 6.45) is 2.83. The zero-order valence-corrected chi connectivity index (χ0v) is 13.6. The van der Waals surface area contributed by atoms with Crippen LogP contribution in [0.2, 0.25) is 0 Å². The van der Waals surface area contributed by atoms with Gasteiger partial charge in [0.1, 0.15) is 12.4 Å². The van der Waals surface area contributed by atoms with Gasteiger partial charge < -0.3 is 10.1 Å². The van der Waals surface area contributed by atoms with Crippen molar-refractivity contribution in [2.75, 3.05) is 6.61 Å². The Bertz CT molecular complexity index is 576. The van der Waals surface area contributed by atoms with Gasteiger partial charge in [0.05, 0.1) is 0 Å². The van der Waals surface area contributed by atoms with E-state index in [4.69, 9.17) is 4.74 Å². The molecule has 112 valence electrons. The highest BCUT2D eigenvalue weighted by Crippen LogP contribution is 2.19. The average Bonchev–Trinajstić information content (AvgIpc) is 2.89. The van der Waals surface area contributed by atoms with E-state index in [0.717, 1.165) is 18.7 Å². The second-order valence-electron chi connectivity index (χ2n) is 5.21. The van der Waals surface area contributed by atoms with Crippen LogP contribution in [-0.2, 0) is 13.0 Å². The molecular weight excluding hydrogens is 278 g/mol. The van der Waals surface area contributed by atoms with Gasteiger partial charge in [-0.05, 0) is 38.5 Å². The summed E-state index contributed by atoms with van der Waals surface area (Å²) < 4.78 is 5.68. The van der Waals surface area contributed by atoms with Crippen molar-refractivity contribution in [3.63, 3.8) is 0 Å². The smallest absolute Gasteiger partial charge is 0.124 e. The van der Waals surface area contributed by atoms with Gasteiger partial charge in [-0.15, -0.1) is 11.3 Å². The first-order chi connectivity index (χ1) is 10.2. The Balaban J connectivity index is 1.88. The van der Waals surface area contributed by atoms with E-state index in [9.17, 15) is 0 Å². The molecule has 1 aromatic heterocycles. The van der Waals surface area contributed by atoms with Gasteiger partial charge in [0.15, 0.2) is 0 Å². The number of para-hydroxylation sites is 1. The number of benzene rings is 1. The Morgan fingerprint density at radius 1 is 1.29 bits per heavy atom. The molecule has 0 aliphatic rings. The molecule has 1 N–H and O–H groups in total. The van der Waals surface area contributed by atoms with Crippen LogP contribution < -0.4 is 10.1 Å². The fourth-order valence-electron chi connectivity index (χ4n) is 2.19. The van der Waals surface area contributed by atoms with E-state index in [0.29, 0.717) is 12.6 Å². The molecule has 0 saturated carbocycles. The standard InChI is InChI=1S/C18H23NOS/c1-4-11-20-18-8-6-5-7-16(18)13-19-14(2)12-17-10-9-15(3)21-17/h4-10,14,19H,1,11-13H2,2-3H3. The quantitative estimate of drug-likeness (QED) is 0.732. The molecule has 2 rings (SSSR count). The maximum Gasteiger partial charge on any atom is 0.124 e. The van der Waals surface area contributed by atoms with Gasteiger partial charge in [-0.2, -0.15) is 0 Å². The van der Waals surface area contributed by atoms with Gasteiger partial charge in [-0.3, -0.25) is 0 Å². The number of hydrogen-bond acceptors (Lipinski definition) is 3. The van der Waals surface area contributed by atoms with Crippen molar-refractivity contribution in [3.8, 4) is 5.75 Å². The third-order valence-electron chi connectivity index (χ3n) is 3.27. The average molecular weight is 301 g/mol. The highest BCUT2D eigenvalue weighted by Gasteiger charge is 2.07. The Kier molecular flexibility index (Phi) is 6.03. The van der Waals surface area contributed by atoms with Crippen LogP contribution in [0.15, 0.2) is 49.1 Å². The van der Waals surface area contributed by atoms with Crippen LogP contribution in [0.4, 0.5) is 0 Å². The fraction of sp³-hybridized carbons (Fsp3) is 0.333. The van der Waals surface area contributed by atoms with Crippen molar-refractivity contribution < 1.29 is 4.74 Å². The molecule has 0 aliphatic carbocycles. The molecule has 1 heterocycles. The lowest BCUT2D eigenvalue weighted by atomic mass is 10.1. The number of thiophene rings is 1. The third-order valence-corrected chi connectivity index (χ3v) is 4.30.